The molecule has 5 nitrogen and oxygen atoms in total. The standard InChI is InChI=1S/C26H29NO4/c1-6-27(7-2)20-11-8-19(9-12-20)10-14-23(29)21-13-15-24(30-18(3)28)22-16-17-26(4,5)31-25(21)22/h8-17H,6-7H2,1-5H3/b14-10+. The van der Waals surface area contributed by atoms with E-state index in [9.17, 15) is 9.59 Å². The largest absolute Gasteiger partial charge is 0.482 e. The first-order valence-corrected chi connectivity index (χ1v) is 10.5. The number of ketones is 1. The lowest BCUT2D eigenvalue weighted by Crippen LogP contribution is -2.28. The van der Waals surface area contributed by atoms with Crippen molar-refractivity contribution in [2.24, 2.45) is 0 Å². The SMILES string of the molecule is CCN(CC)c1ccc(/C=C/C(=O)c2ccc(OC(C)=O)c3c2OC(C)(C)C=C3)cc1. The summed E-state index contributed by atoms with van der Waals surface area (Å²) < 4.78 is 11.4. The van der Waals surface area contributed by atoms with Crippen LogP contribution in [0.2, 0.25) is 0 Å². The molecule has 0 N–H and O–H groups in total. The zero-order valence-electron chi connectivity index (χ0n) is 18.8. The molecule has 3 rings (SSSR count). The summed E-state index contributed by atoms with van der Waals surface area (Å²) in [6.07, 6.45) is 7.06. The Kier molecular flexibility index (Phi) is 6.64. The summed E-state index contributed by atoms with van der Waals surface area (Å²) in [7, 11) is 0. The van der Waals surface area contributed by atoms with E-state index in [1.165, 1.54) is 6.92 Å². The Morgan fingerprint density at radius 2 is 1.74 bits per heavy atom. The van der Waals surface area contributed by atoms with Crippen molar-refractivity contribution < 1.29 is 19.1 Å². The molecule has 2 aromatic carbocycles. The molecular weight excluding hydrogens is 390 g/mol. The van der Waals surface area contributed by atoms with Crippen molar-refractivity contribution >= 4 is 29.6 Å². The van der Waals surface area contributed by atoms with Gasteiger partial charge in [-0.15, -0.1) is 0 Å². The van der Waals surface area contributed by atoms with Crippen LogP contribution in [0.1, 0.15) is 56.1 Å². The Balaban J connectivity index is 1.88. The van der Waals surface area contributed by atoms with E-state index in [2.05, 4.69) is 30.9 Å². The number of esters is 1. The minimum atomic E-state index is -0.569. The lowest BCUT2D eigenvalue weighted by atomic mass is 9.97. The van der Waals surface area contributed by atoms with Crippen LogP contribution >= 0.6 is 0 Å². The first-order chi connectivity index (χ1) is 14.7. The van der Waals surface area contributed by atoms with Gasteiger partial charge in [-0.2, -0.15) is 0 Å². The van der Waals surface area contributed by atoms with Crippen molar-refractivity contribution in [3.05, 3.63) is 65.2 Å². The van der Waals surface area contributed by atoms with Gasteiger partial charge in [0.15, 0.2) is 5.78 Å². The molecule has 0 bridgehead atoms. The van der Waals surface area contributed by atoms with Gasteiger partial charge in [-0.1, -0.05) is 18.2 Å². The molecule has 162 valence electrons. The van der Waals surface area contributed by atoms with Crippen LogP contribution in [0.4, 0.5) is 5.69 Å². The number of benzene rings is 2. The number of rotatable bonds is 7. The zero-order chi connectivity index (χ0) is 22.6. The van der Waals surface area contributed by atoms with Gasteiger partial charge in [0, 0.05) is 25.7 Å². The maximum absolute atomic E-state index is 13.0. The van der Waals surface area contributed by atoms with Crippen molar-refractivity contribution in [1.29, 1.82) is 0 Å². The highest BCUT2D eigenvalue weighted by atomic mass is 16.5. The number of anilines is 1. The molecule has 0 amide bonds. The summed E-state index contributed by atoms with van der Waals surface area (Å²) in [6, 6.07) is 11.4. The Bertz CT molecular complexity index is 1030. The van der Waals surface area contributed by atoms with Gasteiger partial charge < -0.3 is 14.4 Å². The molecule has 0 aliphatic carbocycles. The van der Waals surface area contributed by atoms with Crippen molar-refractivity contribution in [2.45, 2.75) is 40.2 Å². The number of allylic oxidation sites excluding steroid dienone is 1. The van der Waals surface area contributed by atoms with Gasteiger partial charge in [-0.25, -0.2) is 0 Å². The molecule has 0 saturated heterocycles. The molecule has 0 atom stereocenters. The van der Waals surface area contributed by atoms with Gasteiger partial charge in [-0.3, -0.25) is 9.59 Å². The second-order valence-electron chi connectivity index (χ2n) is 7.95. The molecule has 1 aliphatic rings. The van der Waals surface area contributed by atoms with Crippen LogP contribution in [0, 0.1) is 0 Å². The van der Waals surface area contributed by atoms with E-state index >= 15 is 0 Å². The van der Waals surface area contributed by atoms with Crippen molar-refractivity contribution in [1.82, 2.24) is 0 Å². The fraction of sp³-hybridized carbons (Fsp3) is 0.308. The predicted molar refractivity (Wildman–Crippen MR) is 125 cm³/mol. The van der Waals surface area contributed by atoms with E-state index in [0.29, 0.717) is 22.6 Å². The minimum absolute atomic E-state index is 0.176. The number of hydrogen-bond donors (Lipinski definition) is 0. The number of hydrogen-bond acceptors (Lipinski definition) is 5. The number of carbonyl (C=O) groups is 2. The number of fused-ring (bicyclic) bond motifs is 1. The van der Waals surface area contributed by atoms with E-state index in [1.54, 1.807) is 24.3 Å². The van der Waals surface area contributed by atoms with E-state index in [1.807, 2.05) is 38.1 Å². The molecule has 31 heavy (non-hydrogen) atoms. The lowest BCUT2D eigenvalue weighted by Gasteiger charge is -2.29. The first kappa shape index (κ1) is 22.3. The van der Waals surface area contributed by atoms with Gasteiger partial charge >= 0.3 is 5.97 Å². The van der Waals surface area contributed by atoms with Crippen LogP contribution in [0.25, 0.3) is 12.2 Å². The van der Waals surface area contributed by atoms with Crippen LogP contribution in [0.5, 0.6) is 11.5 Å². The van der Waals surface area contributed by atoms with Crippen LogP contribution in [0.3, 0.4) is 0 Å². The minimum Gasteiger partial charge on any atom is -0.482 e. The summed E-state index contributed by atoms with van der Waals surface area (Å²) in [6.45, 7) is 11.3. The molecule has 0 unspecified atom stereocenters. The smallest absolute Gasteiger partial charge is 0.308 e. The Morgan fingerprint density at radius 3 is 2.35 bits per heavy atom. The summed E-state index contributed by atoms with van der Waals surface area (Å²) in [5, 5.41) is 0. The Labute approximate surface area is 184 Å². The molecule has 0 saturated carbocycles. The second-order valence-corrected chi connectivity index (χ2v) is 7.95. The highest BCUT2D eigenvalue weighted by Crippen LogP contribution is 2.40. The molecule has 0 aromatic heterocycles. The molecule has 0 spiro atoms. The van der Waals surface area contributed by atoms with Crippen LogP contribution in [-0.4, -0.2) is 30.4 Å². The number of carbonyl (C=O) groups excluding carboxylic acids is 2. The van der Waals surface area contributed by atoms with Gasteiger partial charge in [0.1, 0.15) is 17.1 Å². The van der Waals surface area contributed by atoms with Crippen LogP contribution in [-0.2, 0) is 4.79 Å². The molecule has 1 aliphatic heterocycles. The first-order valence-electron chi connectivity index (χ1n) is 10.5. The topological polar surface area (TPSA) is 55.8 Å². The van der Waals surface area contributed by atoms with E-state index in [-0.39, 0.29) is 5.78 Å². The molecule has 0 fully saturated rings. The lowest BCUT2D eigenvalue weighted by molar-refractivity contribution is -0.131. The van der Waals surface area contributed by atoms with E-state index < -0.39 is 11.6 Å². The molecular formula is C26H29NO4. The average molecular weight is 420 g/mol. The van der Waals surface area contributed by atoms with Crippen molar-refractivity contribution in [2.75, 3.05) is 18.0 Å². The Hall–Kier alpha value is -3.34. The fourth-order valence-electron chi connectivity index (χ4n) is 3.51. The van der Waals surface area contributed by atoms with Gasteiger partial charge in [0.05, 0.1) is 11.1 Å². The molecule has 2 aromatic rings. The third kappa shape index (κ3) is 5.23. The maximum atomic E-state index is 13.0. The molecule has 0 radical (unpaired) electrons. The molecule has 1 heterocycles. The van der Waals surface area contributed by atoms with E-state index in [0.717, 1.165) is 24.3 Å². The summed E-state index contributed by atoms with van der Waals surface area (Å²) >= 11 is 0. The highest BCUT2D eigenvalue weighted by Gasteiger charge is 2.28. The predicted octanol–water partition coefficient (Wildman–Crippen LogP) is 5.54. The quantitative estimate of drug-likeness (QED) is 0.255. The van der Waals surface area contributed by atoms with Crippen LogP contribution < -0.4 is 14.4 Å². The monoisotopic (exact) mass is 419 g/mol. The average Bonchev–Trinajstić information content (AvgIpc) is 2.72. The Morgan fingerprint density at radius 1 is 1.06 bits per heavy atom. The number of ether oxygens (including phenoxy) is 2. The van der Waals surface area contributed by atoms with Crippen LogP contribution in [0.15, 0.2) is 48.6 Å². The summed E-state index contributed by atoms with van der Waals surface area (Å²) in [4.78, 5) is 26.7. The van der Waals surface area contributed by atoms with Crippen molar-refractivity contribution in [3.63, 3.8) is 0 Å². The molecule has 5 heteroatoms. The third-order valence-electron chi connectivity index (χ3n) is 5.14. The normalized spacial score (nSPS) is 14.1. The fourth-order valence-corrected chi connectivity index (χ4v) is 3.51. The third-order valence-corrected chi connectivity index (χ3v) is 5.14. The highest BCUT2D eigenvalue weighted by molar-refractivity contribution is 6.09. The van der Waals surface area contributed by atoms with Crippen molar-refractivity contribution in [3.8, 4) is 11.5 Å². The van der Waals surface area contributed by atoms with E-state index in [4.69, 9.17) is 9.47 Å². The second kappa shape index (κ2) is 9.21. The summed E-state index contributed by atoms with van der Waals surface area (Å²) in [5.74, 6) is 0.205. The maximum Gasteiger partial charge on any atom is 0.308 e. The zero-order valence-corrected chi connectivity index (χ0v) is 18.8. The summed E-state index contributed by atoms with van der Waals surface area (Å²) in [5.41, 5.74) is 2.56. The van der Waals surface area contributed by atoms with Gasteiger partial charge in [0.25, 0.3) is 0 Å². The number of nitrogens with zero attached hydrogens (tertiary/aromatic N) is 1. The van der Waals surface area contributed by atoms with Gasteiger partial charge in [0.2, 0.25) is 0 Å². The van der Waals surface area contributed by atoms with Gasteiger partial charge in [-0.05, 0) is 75.8 Å².